The monoisotopic (exact) mass is 623 g/mol. The zero-order chi connectivity index (χ0) is 27.9. The standard InChI is InChI=1S/C29H20BrCl2N3O4/c1-17-2-4-19(5-3-17)29(38)39-26-13-8-21(30)14-20(26)16-33-35-27(36)18-6-10-23(11-7-18)34-28(37)24-12-9-22(31)15-25(24)32/h2-16H,1H3,(H,34,37)(H,35,36)/b33-16-. The molecule has 0 aliphatic carbocycles. The Hall–Kier alpha value is -3.98. The van der Waals surface area contributed by atoms with Crippen molar-refractivity contribution < 1.29 is 19.1 Å². The van der Waals surface area contributed by atoms with E-state index in [2.05, 4.69) is 31.8 Å². The Morgan fingerprint density at radius 1 is 0.846 bits per heavy atom. The second kappa shape index (κ2) is 12.7. The van der Waals surface area contributed by atoms with Crippen LogP contribution in [0.5, 0.6) is 5.75 Å². The summed E-state index contributed by atoms with van der Waals surface area (Å²) in [5.41, 5.74) is 5.42. The Morgan fingerprint density at radius 3 is 2.23 bits per heavy atom. The quantitative estimate of drug-likeness (QED) is 0.0976. The first-order valence-electron chi connectivity index (χ1n) is 11.5. The Bertz CT molecular complexity index is 1570. The van der Waals surface area contributed by atoms with E-state index in [4.69, 9.17) is 27.9 Å². The van der Waals surface area contributed by atoms with Crippen LogP contribution in [-0.4, -0.2) is 24.0 Å². The van der Waals surface area contributed by atoms with Crippen LogP contribution in [0.3, 0.4) is 0 Å². The molecule has 10 heteroatoms. The Kier molecular flexibility index (Phi) is 9.14. The fourth-order valence-corrected chi connectivity index (χ4v) is 4.24. The van der Waals surface area contributed by atoms with Gasteiger partial charge in [0.15, 0.2) is 0 Å². The molecule has 0 heterocycles. The van der Waals surface area contributed by atoms with E-state index in [0.29, 0.717) is 27.4 Å². The van der Waals surface area contributed by atoms with Crippen molar-refractivity contribution in [2.75, 3.05) is 5.32 Å². The third-order valence-corrected chi connectivity index (χ3v) is 6.45. The average Bonchev–Trinajstić information content (AvgIpc) is 2.90. The molecule has 7 nitrogen and oxygen atoms in total. The van der Waals surface area contributed by atoms with Crippen molar-refractivity contribution in [1.29, 1.82) is 0 Å². The van der Waals surface area contributed by atoms with Crippen LogP contribution < -0.4 is 15.5 Å². The van der Waals surface area contributed by atoms with Crippen LogP contribution in [-0.2, 0) is 0 Å². The molecule has 4 aromatic carbocycles. The fourth-order valence-electron chi connectivity index (χ4n) is 3.36. The van der Waals surface area contributed by atoms with Gasteiger partial charge < -0.3 is 10.1 Å². The number of amides is 2. The van der Waals surface area contributed by atoms with Gasteiger partial charge in [-0.05, 0) is 79.7 Å². The molecule has 0 aromatic heterocycles. The largest absolute Gasteiger partial charge is 0.422 e. The number of halogens is 3. The van der Waals surface area contributed by atoms with Gasteiger partial charge in [0.2, 0.25) is 0 Å². The van der Waals surface area contributed by atoms with Gasteiger partial charge in [-0.2, -0.15) is 5.10 Å². The molecule has 0 unspecified atom stereocenters. The molecule has 4 aromatic rings. The van der Waals surface area contributed by atoms with Gasteiger partial charge in [0.25, 0.3) is 11.8 Å². The van der Waals surface area contributed by atoms with Crippen molar-refractivity contribution in [1.82, 2.24) is 5.43 Å². The van der Waals surface area contributed by atoms with E-state index in [1.807, 2.05) is 19.1 Å². The Balaban J connectivity index is 1.39. The average molecular weight is 625 g/mol. The van der Waals surface area contributed by atoms with Crippen LogP contribution in [0.2, 0.25) is 10.0 Å². The summed E-state index contributed by atoms with van der Waals surface area (Å²) in [6.07, 6.45) is 1.38. The van der Waals surface area contributed by atoms with Crippen molar-refractivity contribution >= 4 is 68.8 Å². The number of carbonyl (C=O) groups is 3. The molecule has 39 heavy (non-hydrogen) atoms. The summed E-state index contributed by atoms with van der Waals surface area (Å²) >= 11 is 15.3. The number of hydrogen-bond donors (Lipinski definition) is 2. The smallest absolute Gasteiger partial charge is 0.343 e. The van der Waals surface area contributed by atoms with E-state index < -0.39 is 17.8 Å². The van der Waals surface area contributed by atoms with Crippen molar-refractivity contribution in [3.63, 3.8) is 0 Å². The van der Waals surface area contributed by atoms with Gasteiger partial charge in [-0.15, -0.1) is 0 Å². The number of benzene rings is 4. The summed E-state index contributed by atoms with van der Waals surface area (Å²) in [6.45, 7) is 1.93. The third-order valence-electron chi connectivity index (χ3n) is 5.41. The molecular weight excluding hydrogens is 605 g/mol. The predicted molar refractivity (Wildman–Crippen MR) is 156 cm³/mol. The first-order chi connectivity index (χ1) is 18.7. The highest BCUT2D eigenvalue weighted by Crippen LogP contribution is 2.24. The lowest BCUT2D eigenvalue weighted by molar-refractivity contribution is 0.0733. The summed E-state index contributed by atoms with van der Waals surface area (Å²) in [6, 6.07) is 22.9. The van der Waals surface area contributed by atoms with Gasteiger partial charge >= 0.3 is 5.97 Å². The number of carbonyl (C=O) groups excluding carboxylic acids is 3. The fraction of sp³-hybridized carbons (Fsp3) is 0.0345. The van der Waals surface area contributed by atoms with Crippen molar-refractivity contribution in [3.05, 3.63) is 127 Å². The van der Waals surface area contributed by atoms with Gasteiger partial charge in [0.1, 0.15) is 5.75 Å². The second-order valence-electron chi connectivity index (χ2n) is 8.29. The normalized spacial score (nSPS) is 10.8. The first kappa shape index (κ1) is 28.0. The van der Waals surface area contributed by atoms with E-state index in [1.54, 1.807) is 48.5 Å². The topological polar surface area (TPSA) is 96.9 Å². The molecule has 0 bridgehead atoms. The Morgan fingerprint density at radius 2 is 1.54 bits per heavy atom. The number of nitrogens with one attached hydrogen (secondary N) is 2. The number of anilines is 1. The highest BCUT2D eigenvalue weighted by Gasteiger charge is 2.13. The molecule has 0 fully saturated rings. The van der Waals surface area contributed by atoms with E-state index in [9.17, 15) is 14.4 Å². The minimum absolute atomic E-state index is 0.229. The van der Waals surface area contributed by atoms with Crippen LogP contribution in [0.1, 0.15) is 42.2 Å². The van der Waals surface area contributed by atoms with Crippen LogP contribution in [0.4, 0.5) is 5.69 Å². The van der Waals surface area contributed by atoms with E-state index in [-0.39, 0.29) is 16.3 Å². The maximum Gasteiger partial charge on any atom is 0.343 e. The predicted octanol–water partition coefficient (Wildman–Crippen LogP) is 7.30. The van der Waals surface area contributed by atoms with Crippen LogP contribution >= 0.6 is 39.1 Å². The number of aryl methyl sites for hydroxylation is 1. The summed E-state index contributed by atoms with van der Waals surface area (Å²) in [5, 5.41) is 7.38. The number of esters is 1. The molecule has 0 aliphatic rings. The number of ether oxygens (including phenoxy) is 1. The molecule has 2 N–H and O–H groups in total. The maximum atomic E-state index is 12.6. The van der Waals surface area contributed by atoms with E-state index >= 15 is 0 Å². The Labute approximate surface area is 242 Å². The third kappa shape index (κ3) is 7.54. The maximum absolute atomic E-state index is 12.6. The molecule has 0 atom stereocenters. The zero-order valence-electron chi connectivity index (χ0n) is 20.4. The van der Waals surface area contributed by atoms with Crippen molar-refractivity contribution in [3.8, 4) is 5.75 Å². The molecule has 0 saturated carbocycles. The van der Waals surface area contributed by atoms with Gasteiger partial charge in [0.05, 0.1) is 22.4 Å². The van der Waals surface area contributed by atoms with Gasteiger partial charge in [-0.25, -0.2) is 10.2 Å². The van der Waals surface area contributed by atoms with Crippen LogP contribution in [0, 0.1) is 6.92 Å². The SMILES string of the molecule is Cc1ccc(C(=O)Oc2ccc(Br)cc2/C=N\NC(=O)c2ccc(NC(=O)c3ccc(Cl)cc3Cl)cc2)cc1. The number of hydrazone groups is 1. The molecule has 0 saturated heterocycles. The molecular formula is C29H20BrCl2N3O4. The number of rotatable bonds is 7. The molecule has 0 spiro atoms. The summed E-state index contributed by atoms with van der Waals surface area (Å²) < 4.78 is 6.28. The van der Waals surface area contributed by atoms with Crippen molar-refractivity contribution in [2.24, 2.45) is 5.10 Å². The highest BCUT2D eigenvalue weighted by atomic mass is 79.9. The van der Waals surface area contributed by atoms with Gasteiger partial charge in [0, 0.05) is 26.3 Å². The second-order valence-corrected chi connectivity index (χ2v) is 10.1. The lowest BCUT2D eigenvalue weighted by Crippen LogP contribution is -2.18. The zero-order valence-corrected chi connectivity index (χ0v) is 23.5. The van der Waals surface area contributed by atoms with Gasteiger partial charge in [-0.1, -0.05) is 56.8 Å². The molecule has 4 rings (SSSR count). The van der Waals surface area contributed by atoms with Crippen LogP contribution in [0.15, 0.2) is 94.5 Å². The summed E-state index contributed by atoms with van der Waals surface area (Å²) in [5.74, 6) is -1.12. The number of hydrogen-bond acceptors (Lipinski definition) is 5. The van der Waals surface area contributed by atoms with Crippen LogP contribution in [0.25, 0.3) is 0 Å². The molecule has 0 radical (unpaired) electrons. The summed E-state index contributed by atoms with van der Waals surface area (Å²) in [4.78, 5) is 37.6. The lowest BCUT2D eigenvalue weighted by Gasteiger charge is -2.09. The lowest BCUT2D eigenvalue weighted by atomic mass is 10.1. The molecule has 2 amide bonds. The number of nitrogens with zero attached hydrogens (tertiary/aromatic N) is 1. The molecule has 196 valence electrons. The summed E-state index contributed by atoms with van der Waals surface area (Å²) in [7, 11) is 0. The van der Waals surface area contributed by atoms with E-state index in [0.717, 1.165) is 10.0 Å². The van der Waals surface area contributed by atoms with Gasteiger partial charge in [-0.3, -0.25) is 9.59 Å². The minimum Gasteiger partial charge on any atom is -0.422 e. The first-order valence-corrected chi connectivity index (χ1v) is 13.0. The van der Waals surface area contributed by atoms with Crippen molar-refractivity contribution in [2.45, 2.75) is 6.92 Å². The van der Waals surface area contributed by atoms with E-state index in [1.165, 1.54) is 30.5 Å². The minimum atomic E-state index is -0.512. The molecule has 0 aliphatic heterocycles. The highest BCUT2D eigenvalue weighted by molar-refractivity contribution is 9.10.